The van der Waals surface area contributed by atoms with Gasteiger partial charge in [-0.15, -0.1) is 0 Å². The maximum atomic E-state index is 13.7. The van der Waals surface area contributed by atoms with Crippen molar-refractivity contribution >= 4 is 40.0 Å². The van der Waals surface area contributed by atoms with Crippen LogP contribution in [0, 0.1) is 5.92 Å². The molecule has 1 aliphatic heterocycles. The van der Waals surface area contributed by atoms with E-state index < -0.39 is 5.54 Å². The van der Waals surface area contributed by atoms with Gasteiger partial charge in [-0.2, -0.15) is 0 Å². The van der Waals surface area contributed by atoms with Gasteiger partial charge in [-0.25, -0.2) is 0 Å². The van der Waals surface area contributed by atoms with Crippen LogP contribution in [0.25, 0.3) is 10.9 Å². The number of carbonyl (C=O) groups is 2. The van der Waals surface area contributed by atoms with Gasteiger partial charge in [0.1, 0.15) is 11.2 Å². The van der Waals surface area contributed by atoms with Crippen LogP contribution in [0.4, 0.5) is 5.69 Å². The first kappa shape index (κ1) is 20.5. The van der Waals surface area contributed by atoms with Gasteiger partial charge >= 0.3 is 0 Å². The molecule has 0 saturated heterocycles. The maximum Gasteiger partial charge on any atom is 0.275 e. The smallest absolute Gasteiger partial charge is 0.275 e. The van der Waals surface area contributed by atoms with E-state index in [-0.39, 0.29) is 11.8 Å². The second-order valence-electron chi connectivity index (χ2n) is 8.51. The summed E-state index contributed by atoms with van der Waals surface area (Å²) in [6.07, 6.45) is 0.880. The summed E-state index contributed by atoms with van der Waals surface area (Å²) in [5.74, 6) is 0.108. The zero-order valence-electron chi connectivity index (χ0n) is 17.5. The number of aromatic nitrogens is 1. The molecule has 0 fully saturated rings. The number of hydrogen-bond acceptors (Lipinski definition) is 2. The molecule has 2 amide bonds. The number of fused-ring (bicyclic) bond motifs is 3. The second-order valence-corrected chi connectivity index (χ2v) is 8.94. The number of benzene rings is 2. The molecule has 4 rings (SSSR count). The molecule has 5 nitrogen and oxygen atoms in total. The minimum absolute atomic E-state index is 0.167. The van der Waals surface area contributed by atoms with Crippen molar-refractivity contribution in [2.24, 2.45) is 5.92 Å². The molecule has 0 saturated carbocycles. The van der Waals surface area contributed by atoms with Crippen LogP contribution in [0.3, 0.4) is 0 Å². The molecule has 0 spiro atoms. The molecule has 156 valence electrons. The molecule has 0 bridgehead atoms. The van der Waals surface area contributed by atoms with Crippen molar-refractivity contribution in [1.29, 1.82) is 0 Å². The molecule has 2 heterocycles. The van der Waals surface area contributed by atoms with E-state index in [9.17, 15) is 9.59 Å². The number of carbonyl (C=O) groups excluding carboxylic acids is 2. The monoisotopic (exact) mass is 423 g/mol. The van der Waals surface area contributed by atoms with Crippen LogP contribution in [0.5, 0.6) is 0 Å². The van der Waals surface area contributed by atoms with E-state index in [0.717, 1.165) is 17.3 Å². The number of nitrogens with one attached hydrogen (secondary N) is 1. The molecule has 1 N–H and O–H groups in total. The average molecular weight is 424 g/mol. The third kappa shape index (κ3) is 3.47. The summed E-state index contributed by atoms with van der Waals surface area (Å²) in [6.45, 7) is 7.00. The summed E-state index contributed by atoms with van der Waals surface area (Å²) in [7, 11) is 0. The van der Waals surface area contributed by atoms with Crippen molar-refractivity contribution in [2.45, 2.75) is 39.3 Å². The summed E-state index contributed by atoms with van der Waals surface area (Å²) in [5, 5.41) is 4.56. The van der Waals surface area contributed by atoms with E-state index in [0.29, 0.717) is 35.4 Å². The highest BCUT2D eigenvalue weighted by atomic mass is 35.5. The zero-order valence-corrected chi connectivity index (χ0v) is 18.2. The van der Waals surface area contributed by atoms with E-state index in [1.165, 1.54) is 0 Å². The Morgan fingerprint density at radius 2 is 1.93 bits per heavy atom. The summed E-state index contributed by atoms with van der Waals surface area (Å²) in [5.41, 5.74) is 1.05. The van der Waals surface area contributed by atoms with Crippen LogP contribution in [0.1, 0.15) is 37.7 Å². The summed E-state index contributed by atoms with van der Waals surface area (Å²) in [4.78, 5) is 28.7. The Balaban J connectivity index is 1.82. The van der Waals surface area contributed by atoms with Crippen LogP contribution >= 0.6 is 11.6 Å². The van der Waals surface area contributed by atoms with Crippen molar-refractivity contribution in [2.75, 3.05) is 11.4 Å². The molecule has 1 aliphatic rings. The quantitative estimate of drug-likeness (QED) is 0.636. The Morgan fingerprint density at radius 1 is 1.17 bits per heavy atom. The number of rotatable bonds is 5. The fourth-order valence-corrected chi connectivity index (χ4v) is 4.32. The number of nitrogens with zero attached hydrogens (tertiary/aromatic N) is 2. The van der Waals surface area contributed by atoms with Crippen molar-refractivity contribution < 1.29 is 9.59 Å². The maximum absolute atomic E-state index is 13.7. The summed E-state index contributed by atoms with van der Waals surface area (Å²) in [6, 6.07) is 16.9. The Hall–Kier alpha value is -2.79. The van der Waals surface area contributed by atoms with Gasteiger partial charge in [0.2, 0.25) is 5.91 Å². The topological polar surface area (TPSA) is 54.3 Å². The third-order valence-electron chi connectivity index (χ3n) is 5.76. The molecule has 0 radical (unpaired) electrons. The van der Waals surface area contributed by atoms with E-state index >= 15 is 0 Å². The zero-order chi connectivity index (χ0) is 21.5. The highest BCUT2D eigenvalue weighted by molar-refractivity contribution is 6.31. The van der Waals surface area contributed by atoms with Gasteiger partial charge in [-0.1, -0.05) is 49.7 Å². The van der Waals surface area contributed by atoms with Gasteiger partial charge < -0.3 is 9.88 Å². The molecule has 3 aromatic rings. The largest absolute Gasteiger partial charge is 0.354 e. The number of anilines is 1. The molecule has 1 aromatic heterocycles. The van der Waals surface area contributed by atoms with Crippen molar-refractivity contribution in [1.82, 2.24) is 9.88 Å². The lowest BCUT2D eigenvalue weighted by Crippen LogP contribution is -2.64. The standard InChI is InChI=1S/C24H26ClN3O2/c1-16(2)11-12-26-23(30)24(3)15-27-20-10-5-4-7-17(20)13-21(27)22(29)28(24)19-9-6-8-18(25)14-19/h4-10,13-14,16H,11-12,15H2,1-3H3,(H,26,30)/t24-/m0/s1. The highest BCUT2D eigenvalue weighted by Gasteiger charge is 2.48. The van der Waals surface area contributed by atoms with Gasteiger partial charge in [-0.05, 0) is 49.6 Å². The van der Waals surface area contributed by atoms with Crippen LogP contribution in [0.2, 0.25) is 5.02 Å². The SMILES string of the molecule is CC(C)CCNC(=O)[C@]1(C)Cn2c(cc3ccccc32)C(=O)N1c1cccc(Cl)c1. The summed E-state index contributed by atoms with van der Waals surface area (Å²) < 4.78 is 1.96. The van der Waals surface area contributed by atoms with Crippen molar-refractivity contribution in [3.63, 3.8) is 0 Å². The molecule has 1 atom stereocenters. The predicted octanol–water partition coefficient (Wildman–Crippen LogP) is 4.88. The molecule has 0 unspecified atom stereocenters. The first-order valence-corrected chi connectivity index (χ1v) is 10.7. The van der Waals surface area contributed by atoms with E-state index in [1.54, 1.807) is 23.1 Å². The predicted molar refractivity (Wildman–Crippen MR) is 121 cm³/mol. The average Bonchev–Trinajstić information content (AvgIpc) is 3.06. The molecule has 2 aromatic carbocycles. The van der Waals surface area contributed by atoms with E-state index in [4.69, 9.17) is 11.6 Å². The Bertz CT molecular complexity index is 1120. The lowest BCUT2D eigenvalue weighted by atomic mass is 9.93. The number of hydrogen-bond donors (Lipinski definition) is 1. The van der Waals surface area contributed by atoms with E-state index in [1.807, 2.05) is 47.9 Å². The van der Waals surface area contributed by atoms with Gasteiger partial charge in [0.25, 0.3) is 5.91 Å². The second kappa shape index (κ2) is 7.80. The van der Waals surface area contributed by atoms with Crippen LogP contribution in [-0.4, -0.2) is 28.5 Å². The minimum Gasteiger partial charge on any atom is -0.354 e. The van der Waals surface area contributed by atoms with Gasteiger partial charge in [0.15, 0.2) is 0 Å². The lowest BCUT2D eigenvalue weighted by Gasteiger charge is -2.44. The highest BCUT2D eigenvalue weighted by Crippen LogP contribution is 2.36. The number of para-hydroxylation sites is 1. The number of amides is 2. The summed E-state index contributed by atoms with van der Waals surface area (Å²) >= 11 is 6.22. The van der Waals surface area contributed by atoms with Crippen LogP contribution in [-0.2, 0) is 11.3 Å². The molecular weight excluding hydrogens is 398 g/mol. The number of halogens is 1. The molecule has 6 heteroatoms. The van der Waals surface area contributed by atoms with E-state index in [2.05, 4.69) is 19.2 Å². The van der Waals surface area contributed by atoms with Gasteiger partial charge in [-0.3, -0.25) is 14.5 Å². The molecule has 0 aliphatic carbocycles. The van der Waals surface area contributed by atoms with Crippen molar-refractivity contribution in [3.8, 4) is 0 Å². The molecule has 30 heavy (non-hydrogen) atoms. The molecular formula is C24H26ClN3O2. The van der Waals surface area contributed by atoms with Crippen molar-refractivity contribution in [3.05, 3.63) is 65.3 Å². The van der Waals surface area contributed by atoms with Crippen LogP contribution < -0.4 is 10.2 Å². The first-order valence-electron chi connectivity index (χ1n) is 10.3. The fourth-order valence-electron chi connectivity index (χ4n) is 4.13. The fraction of sp³-hybridized carbons (Fsp3) is 0.333. The Kier molecular flexibility index (Phi) is 5.33. The third-order valence-corrected chi connectivity index (χ3v) is 5.99. The Labute approximate surface area is 181 Å². The normalized spacial score (nSPS) is 18.7. The van der Waals surface area contributed by atoms with Gasteiger partial charge in [0.05, 0.1) is 6.54 Å². The van der Waals surface area contributed by atoms with Crippen LogP contribution in [0.15, 0.2) is 54.6 Å². The Morgan fingerprint density at radius 3 is 2.67 bits per heavy atom. The minimum atomic E-state index is -1.09. The lowest BCUT2D eigenvalue weighted by molar-refractivity contribution is -0.126. The first-order chi connectivity index (χ1) is 14.3. The van der Waals surface area contributed by atoms with Gasteiger partial charge in [0, 0.05) is 28.2 Å².